The van der Waals surface area contributed by atoms with Crippen molar-refractivity contribution in [1.29, 1.82) is 5.41 Å². The number of halogens is 1. The molecule has 4 N–H and O–H groups in total. The SMILES string of the molecule is Cl.N=C(N)SCC(=O)NC12CC3CC(CC(C3)C1)C2. The van der Waals surface area contributed by atoms with Gasteiger partial charge in [-0.25, -0.2) is 0 Å². The van der Waals surface area contributed by atoms with Gasteiger partial charge in [0.2, 0.25) is 5.91 Å². The Morgan fingerprint density at radius 1 is 1.21 bits per heavy atom. The predicted octanol–water partition coefficient (Wildman–Crippen LogP) is 2.12. The molecular weight excluding hydrogens is 282 g/mol. The van der Waals surface area contributed by atoms with Crippen LogP contribution in [0.2, 0.25) is 0 Å². The molecule has 4 aliphatic rings. The molecule has 1 amide bonds. The molecule has 0 radical (unpaired) electrons. The minimum absolute atomic E-state index is 0. The molecule has 4 bridgehead atoms. The molecule has 0 aromatic carbocycles. The lowest BCUT2D eigenvalue weighted by Crippen LogP contribution is -2.60. The maximum atomic E-state index is 11.9. The van der Waals surface area contributed by atoms with Crippen LogP contribution < -0.4 is 11.1 Å². The summed E-state index contributed by atoms with van der Waals surface area (Å²) in [5.41, 5.74) is 5.35. The summed E-state index contributed by atoms with van der Waals surface area (Å²) >= 11 is 1.12. The molecule has 0 aromatic rings. The standard InChI is InChI=1S/C13H21N3OS.ClH/c14-12(15)18-7-11(17)16-13-4-8-1-9(5-13)3-10(2-8)6-13;/h8-10H,1-7H2,(H3,14,15)(H,16,17);1H. The van der Waals surface area contributed by atoms with Gasteiger partial charge in [-0.1, -0.05) is 11.8 Å². The Bertz CT molecular complexity index is 353. The number of amides is 1. The van der Waals surface area contributed by atoms with E-state index < -0.39 is 0 Å². The van der Waals surface area contributed by atoms with Gasteiger partial charge in [-0.3, -0.25) is 10.2 Å². The highest BCUT2D eigenvalue weighted by molar-refractivity contribution is 8.14. The van der Waals surface area contributed by atoms with E-state index in [0.29, 0.717) is 0 Å². The molecule has 4 nitrogen and oxygen atoms in total. The molecule has 0 aliphatic heterocycles. The minimum Gasteiger partial charge on any atom is -0.379 e. The summed E-state index contributed by atoms with van der Waals surface area (Å²) in [6, 6.07) is 0. The van der Waals surface area contributed by atoms with Crippen molar-refractivity contribution in [3.05, 3.63) is 0 Å². The summed E-state index contributed by atoms with van der Waals surface area (Å²) in [5, 5.41) is 10.4. The molecule has 4 fully saturated rings. The van der Waals surface area contributed by atoms with E-state index in [9.17, 15) is 4.79 Å². The van der Waals surface area contributed by atoms with Crippen LogP contribution in [-0.2, 0) is 4.79 Å². The van der Waals surface area contributed by atoms with Gasteiger partial charge in [0.1, 0.15) is 0 Å². The van der Waals surface area contributed by atoms with E-state index in [-0.39, 0.29) is 34.8 Å². The third-order valence-electron chi connectivity index (χ3n) is 4.80. The highest BCUT2D eigenvalue weighted by atomic mass is 35.5. The van der Waals surface area contributed by atoms with E-state index in [4.69, 9.17) is 11.1 Å². The molecule has 0 atom stereocenters. The molecule has 0 spiro atoms. The average molecular weight is 304 g/mol. The number of carbonyl (C=O) groups excluding carboxylic acids is 1. The van der Waals surface area contributed by atoms with E-state index in [1.54, 1.807) is 0 Å². The third-order valence-corrected chi connectivity index (χ3v) is 5.52. The van der Waals surface area contributed by atoms with Crippen molar-refractivity contribution in [1.82, 2.24) is 5.32 Å². The predicted molar refractivity (Wildman–Crippen MR) is 80.7 cm³/mol. The molecule has 4 saturated carbocycles. The second-order valence-electron chi connectivity index (χ2n) is 6.40. The largest absolute Gasteiger partial charge is 0.379 e. The second-order valence-corrected chi connectivity index (χ2v) is 7.42. The quantitative estimate of drug-likeness (QED) is 0.552. The summed E-state index contributed by atoms with van der Waals surface area (Å²) in [6.07, 6.45) is 7.69. The van der Waals surface area contributed by atoms with Gasteiger partial charge < -0.3 is 11.1 Å². The van der Waals surface area contributed by atoms with Crippen LogP contribution >= 0.6 is 24.2 Å². The zero-order valence-corrected chi connectivity index (χ0v) is 12.6. The van der Waals surface area contributed by atoms with Gasteiger partial charge in [-0.15, -0.1) is 12.4 Å². The van der Waals surface area contributed by atoms with E-state index in [1.165, 1.54) is 38.5 Å². The highest BCUT2D eigenvalue weighted by Gasteiger charge is 2.51. The van der Waals surface area contributed by atoms with Crippen molar-refractivity contribution in [2.75, 3.05) is 5.75 Å². The molecule has 0 heterocycles. The smallest absolute Gasteiger partial charge is 0.230 e. The first-order valence-electron chi connectivity index (χ1n) is 6.82. The lowest BCUT2D eigenvalue weighted by atomic mass is 9.53. The van der Waals surface area contributed by atoms with Crippen LogP contribution in [0, 0.1) is 23.2 Å². The van der Waals surface area contributed by atoms with Crippen molar-refractivity contribution in [3.63, 3.8) is 0 Å². The molecule has 4 rings (SSSR count). The fraction of sp³-hybridized carbons (Fsp3) is 0.846. The number of hydrogen-bond donors (Lipinski definition) is 3. The first-order chi connectivity index (χ1) is 8.55. The monoisotopic (exact) mass is 303 g/mol. The van der Waals surface area contributed by atoms with Gasteiger partial charge in [0.25, 0.3) is 0 Å². The van der Waals surface area contributed by atoms with E-state index in [2.05, 4.69) is 5.32 Å². The molecule has 4 aliphatic carbocycles. The normalized spacial score (nSPS) is 38.6. The Kier molecular flexibility index (Phi) is 4.35. The van der Waals surface area contributed by atoms with Crippen LogP contribution in [0.1, 0.15) is 38.5 Å². The van der Waals surface area contributed by atoms with Gasteiger partial charge in [0.15, 0.2) is 5.17 Å². The van der Waals surface area contributed by atoms with E-state index >= 15 is 0 Å². The zero-order chi connectivity index (χ0) is 12.8. The molecule has 108 valence electrons. The van der Waals surface area contributed by atoms with Crippen LogP contribution in [0.4, 0.5) is 0 Å². The lowest BCUT2D eigenvalue weighted by Gasteiger charge is -2.56. The lowest BCUT2D eigenvalue weighted by molar-refractivity contribution is -0.124. The Morgan fingerprint density at radius 3 is 2.11 bits per heavy atom. The molecule has 6 heteroatoms. The first kappa shape index (κ1) is 15.0. The fourth-order valence-electron chi connectivity index (χ4n) is 4.74. The number of thioether (sulfide) groups is 1. The van der Waals surface area contributed by atoms with Crippen LogP contribution in [0.25, 0.3) is 0 Å². The van der Waals surface area contributed by atoms with Gasteiger partial charge >= 0.3 is 0 Å². The maximum Gasteiger partial charge on any atom is 0.230 e. The Labute approximate surface area is 124 Å². The number of rotatable bonds is 3. The van der Waals surface area contributed by atoms with Crippen molar-refractivity contribution >= 4 is 35.2 Å². The first-order valence-corrected chi connectivity index (χ1v) is 7.81. The van der Waals surface area contributed by atoms with Gasteiger partial charge in [-0.2, -0.15) is 0 Å². The molecule has 0 unspecified atom stereocenters. The summed E-state index contributed by atoms with van der Waals surface area (Å²) in [5.74, 6) is 2.88. The van der Waals surface area contributed by atoms with E-state index in [0.717, 1.165) is 29.5 Å². The Hall–Kier alpha value is -0.420. The van der Waals surface area contributed by atoms with Gasteiger partial charge in [-0.05, 0) is 56.3 Å². The third kappa shape index (κ3) is 3.19. The summed E-state index contributed by atoms with van der Waals surface area (Å²) in [6.45, 7) is 0. The van der Waals surface area contributed by atoms with Crippen LogP contribution in [0.15, 0.2) is 0 Å². The Balaban J connectivity index is 0.00000133. The van der Waals surface area contributed by atoms with E-state index in [1.807, 2.05) is 0 Å². The number of nitrogens with one attached hydrogen (secondary N) is 2. The zero-order valence-electron chi connectivity index (χ0n) is 11.0. The number of nitrogens with two attached hydrogens (primary N) is 1. The maximum absolute atomic E-state index is 11.9. The van der Waals surface area contributed by atoms with Crippen LogP contribution in [-0.4, -0.2) is 22.4 Å². The molecule has 19 heavy (non-hydrogen) atoms. The summed E-state index contributed by atoms with van der Waals surface area (Å²) < 4.78 is 0. The number of amidine groups is 1. The highest BCUT2D eigenvalue weighted by Crippen LogP contribution is 2.55. The Morgan fingerprint density at radius 2 is 1.68 bits per heavy atom. The second kappa shape index (κ2) is 5.52. The van der Waals surface area contributed by atoms with Crippen molar-refractivity contribution < 1.29 is 4.79 Å². The van der Waals surface area contributed by atoms with Crippen LogP contribution in [0.5, 0.6) is 0 Å². The molecular formula is C13H22ClN3OS. The van der Waals surface area contributed by atoms with Gasteiger partial charge in [0.05, 0.1) is 5.75 Å². The number of hydrogen-bond acceptors (Lipinski definition) is 3. The van der Waals surface area contributed by atoms with Crippen LogP contribution in [0.3, 0.4) is 0 Å². The fourth-order valence-corrected chi connectivity index (χ4v) is 5.10. The van der Waals surface area contributed by atoms with Gasteiger partial charge in [0, 0.05) is 5.54 Å². The minimum atomic E-state index is 0. The average Bonchev–Trinajstić information content (AvgIpc) is 2.23. The summed E-state index contributed by atoms with van der Waals surface area (Å²) in [4.78, 5) is 11.9. The van der Waals surface area contributed by atoms with Crippen molar-refractivity contribution in [3.8, 4) is 0 Å². The molecule has 0 saturated heterocycles. The summed E-state index contributed by atoms with van der Waals surface area (Å²) in [7, 11) is 0. The molecule has 0 aromatic heterocycles. The van der Waals surface area contributed by atoms with Crippen molar-refractivity contribution in [2.45, 2.75) is 44.1 Å². The topological polar surface area (TPSA) is 79.0 Å². The van der Waals surface area contributed by atoms with Crippen molar-refractivity contribution in [2.24, 2.45) is 23.5 Å². The number of carbonyl (C=O) groups is 1.